The molecule has 0 radical (unpaired) electrons. The van der Waals surface area contributed by atoms with Gasteiger partial charge in [-0.1, -0.05) is 18.2 Å². The Labute approximate surface area is 124 Å². The summed E-state index contributed by atoms with van der Waals surface area (Å²) < 4.78 is 12.8. The molecular formula is C16H12FN3O2. The highest BCUT2D eigenvalue weighted by atomic mass is 19.1. The second-order valence-electron chi connectivity index (χ2n) is 4.78. The Kier molecular flexibility index (Phi) is 3.65. The van der Waals surface area contributed by atoms with Crippen LogP contribution in [-0.4, -0.2) is 16.1 Å². The van der Waals surface area contributed by atoms with Gasteiger partial charge in [0.1, 0.15) is 5.82 Å². The normalized spacial score (nSPS) is 10.6. The molecule has 110 valence electrons. The quantitative estimate of drug-likeness (QED) is 0.778. The summed E-state index contributed by atoms with van der Waals surface area (Å²) in [5, 5.41) is 10.1. The first-order chi connectivity index (χ1) is 10.6. The summed E-state index contributed by atoms with van der Waals surface area (Å²) in [5.74, 6) is -0.664. The Morgan fingerprint density at radius 2 is 1.77 bits per heavy atom. The van der Waals surface area contributed by atoms with Crippen molar-refractivity contribution in [2.24, 2.45) is 0 Å². The van der Waals surface area contributed by atoms with E-state index in [4.69, 9.17) is 0 Å². The number of aromatic nitrogens is 2. The Hall–Kier alpha value is -3.02. The number of carbonyl (C=O) groups excluding carboxylic acids is 1. The molecule has 0 spiro atoms. The number of halogens is 1. The smallest absolute Gasteiger partial charge is 0.272 e. The Morgan fingerprint density at radius 1 is 1.09 bits per heavy atom. The van der Waals surface area contributed by atoms with Gasteiger partial charge in [-0.3, -0.25) is 9.59 Å². The van der Waals surface area contributed by atoms with Gasteiger partial charge in [0, 0.05) is 11.1 Å². The largest absolute Gasteiger partial charge is 0.326 e. The van der Waals surface area contributed by atoms with E-state index in [1.807, 2.05) is 0 Å². The average molecular weight is 297 g/mol. The van der Waals surface area contributed by atoms with Gasteiger partial charge in [-0.15, -0.1) is 0 Å². The van der Waals surface area contributed by atoms with Gasteiger partial charge in [0.2, 0.25) is 5.91 Å². The minimum atomic E-state index is -0.369. The summed E-state index contributed by atoms with van der Waals surface area (Å²) in [4.78, 5) is 23.7. The predicted octanol–water partition coefficient (Wildman–Crippen LogP) is 2.24. The van der Waals surface area contributed by atoms with Crippen LogP contribution in [0.15, 0.2) is 53.3 Å². The maximum Gasteiger partial charge on any atom is 0.272 e. The summed E-state index contributed by atoms with van der Waals surface area (Å²) in [6.07, 6.45) is 0.00860. The van der Waals surface area contributed by atoms with Crippen LogP contribution in [0.1, 0.15) is 5.69 Å². The average Bonchev–Trinajstić information content (AvgIpc) is 2.53. The summed E-state index contributed by atoms with van der Waals surface area (Å²) in [6.45, 7) is 0. The van der Waals surface area contributed by atoms with Crippen molar-refractivity contribution in [2.45, 2.75) is 6.42 Å². The van der Waals surface area contributed by atoms with Crippen molar-refractivity contribution in [1.29, 1.82) is 0 Å². The molecule has 1 amide bonds. The van der Waals surface area contributed by atoms with Crippen LogP contribution < -0.4 is 10.9 Å². The molecule has 0 fully saturated rings. The van der Waals surface area contributed by atoms with Gasteiger partial charge in [0.15, 0.2) is 0 Å². The molecule has 0 bridgehead atoms. The Balaban J connectivity index is 1.84. The van der Waals surface area contributed by atoms with E-state index in [-0.39, 0.29) is 23.7 Å². The fourth-order valence-corrected chi connectivity index (χ4v) is 2.20. The maximum atomic E-state index is 12.8. The van der Waals surface area contributed by atoms with Crippen LogP contribution in [0.5, 0.6) is 0 Å². The van der Waals surface area contributed by atoms with Crippen molar-refractivity contribution in [3.05, 3.63) is 70.4 Å². The van der Waals surface area contributed by atoms with E-state index >= 15 is 0 Å². The monoisotopic (exact) mass is 297 g/mol. The number of fused-ring (bicyclic) bond motifs is 1. The number of hydrogen-bond donors (Lipinski definition) is 2. The first-order valence-corrected chi connectivity index (χ1v) is 6.65. The van der Waals surface area contributed by atoms with Crippen LogP contribution in [-0.2, 0) is 11.2 Å². The number of anilines is 1. The van der Waals surface area contributed by atoms with E-state index in [0.717, 1.165) is 0 Å². The molecule has 0 atom stereocenters. The van der Waals surface area contributed by atoms with E-state index in [1.54, 1.807) is 24.3 Å². The molecule has 5 nitrogen and oxygen atoms in total. The van der Waals surface area contributed by atoms with Crippen LogP contribution in [0.3, 0.4) is 0 Å². The highest BCUT2D eigenvalue weighted by Gasteiger charge is 2.10. The van der Waals surface area contributed by atoms with E-state index < -0.39 is 0 Å². The summed E-state index contributed by atoms with van der Waals surface area (Å²) in [6, 6.07) is 12.4. The van der Waals surface area contributed by atoms with E-state index in [9.17, 15) is 14.0 Å². The van der Waals surface area contributed by atoms with E-state index in [2.05, 4.69) is 15.5 Å². The van der Waals surface area contributed by atoms with Crippen molar-refractivity contribution in [2.75, 3.05) is 5.32 Å². The van der Waals surface area contributed by atoms with Crippen LogP contribution >= 0.6 is 0 Å². The minimum Gasteiger partial charge on any atom is -0.326 e. The standard InChI is InChI=1S/C16H12FN3O2/c17-10-5-7-11(8-6-10)18-15(21)9-14-12-3-1-2-4-13(12)16(22)20-19-14/h1-8H,9H2,(H,18,21)(H,20,22). The minimum absolute atomic E-state index is 0.00860. The number of benzene rings is 2. The molecule has 3 aromatic rings. The molecule has 0 saturated heterocycles. The van der Waals surface area contributed by atoms with Crippen molar-refractivity contribution in [1.82, 2.24) is 10.2 Å². The molecule has 0 aliphatic rings. The summed E-state index contributed by atoms with van der Waals surface area (Å²) in [5.41, 5.74) is 0.688. The highest BCUT2D eigenvalue weighted by Crippen LogP contribution is 2.14. The van der Waals surface area contributed by atoms with Crippen molar-refractivity contribution in [3.8, 4) is 0 Å². The lowest BCUT2D eigenvalue weighted by molar-refractivity contribution is -0.115. The molecule has 0 aliphatic carbocycles. The first kappa shape index (κ1) is 13.9. The number of carbonyl (C=O) groups is 1. The third-order valence-electron chi connectivity index (χ3n) is 3.23. The van der Waals surface area contributed by atoms with Gasteiger partial charge in [-0.2, -0.15) is 5.10 Å². The zero-order valence-electron chi connectivity index (χ0n) is 11.5. The fraction of sp³-hybridized carbons (Fsp3) is 0.0625. The van der Waals surface area contributed by atoms with Crippen LogP contribution in [0, 0.1) is 5.82 Å². The maximum absolute atomic E-state index is 12.8. The molecule has 1 aromatic heterocycles. The Morgan fingerprint density at radius 3 is 2.50 bits per heavy atom. The van der Waals surface area contributed by atoms with E-state index in [1.165, 1.54) is 24.3 Å². The van der Waals surface area contributed by atoms with Crippen molar-refractivity contribution < 1.29 is 9.18 Å². The zero-order chi connectivity index (χ0) is 15.5. The van der Waals surface area contributed by atoms with Crippen molar-refractivity contribution in [3.63, 3.8) is 0 Å². The van der Waals surface area contributed by atoms with Crippen LogP contribution in [0.25, 0.3) is 10.8 Å². The predicted molar refractivity (Wildman–Crippen MR) is 81.1 cm³/mol. The molecule has 0 saturated carbocycles. The number of aromatic amines is 1. The molecule has 6 heteroatoms. The van der Waals surface area contributed by atoms with Crippen LogP contribution in [0.4, 0.5) is 10.1 Å². The number of rotatable bonds is 3. The van der Waals surface area contributed by atoms with E-state index in [0.29, 0.717) is 22.2 Å². The second kappa shape index (κ2) is 5.77. The molecule has 2 aromatic carbocycles. The topological polar surface area (TPSA) is 74.8 Å². The lowest BCUT2D eigenvalue weighted by Gasteiger charge is -2.06. The molecular weight excluding hydrogens is 285 g/mol. The molecule has 3 rings (SSSR count). The molecule has 0 unspecified atom stereocenters. The summed E-state index contributed by atoms with van der Waals surface area (Å²) >= 11 is 0. The van der Waals surface area contributed by atoms with Gasteiger partial charge >= 0.3 is 0 Å². The van der Waals surface area contributed by atoms with Gasteiger partial charge in [0.05, 0.1) is 17.5 Å². The summed E-state index contributed by atoms with van der Waals surface area (Å²) in [7, 11) is 0. The van der Waals surface area contributed by atoms with Gasteiger partial charge in [-0.25, -0.2) is 9.49 Å². The Bertz CT molecular complexity index is 888. The number of hydrogen-bond acceptors (Lipinski definition) is 3. The first-order valence-electron chi connectivity index (χ1n) is 6.65. The SMILES string of the molecule is O=C(Cc1n[nH]c(=O)c2ccccc12)Nc1ccc(F)cc1. The second-order valence-corrected chi connectivity index (χ2v) is 4.78. The molecule has 1 heterocycles. The molecule has 2 N–H and O–H groups in total. The zero-order valence-corrected chi connectivity index (χ0v) is 11.5. The van der Waals surface area contributed by atoms with Crippen LogP contribution in [0.2, 0.25) is 0 Å². The third-order valence-corrected chi connectivity index (χ3v) is 3.23. The highest BCUT2D eigenvalue weighted by molar-refractivity contribution is 5.95. The van der Waals surface area contributed by atoms with Gasteiger partial charge < -0.3 is 5.32 Å². The van der Waals surface area contributed by atoms with Gasteiger partial charge in [-0.05, 0) is 30.3 Å². The lowest BCUT2D eigenvalue weighted by Crippen LogP contribution is -2.18. The molecule has 22 heavy (non-hydrogen) atoms. The number of nitrogens with zero attached hydrogens (tertiary/aromatic N) is 1. The van der Waals surface area contributed by atoms with Gasteiger partial charge in [0.25, 0.3) is 5.56 Å². The number of amides is 1. The number of H-pyrrole nitrogens is 1. The molecule has 0 aliphatic heterocycles. The lowest BCUT2D eigenvalue weighted by atomic mass is 10.1. The van der Waals surface area contributed by atoms with Crippen molar-refractivity contribution >= 4 is 22.4 Å². The number of nitrogens with one attached hydrogen (secondary N) is 2. The fourth-order valence-electron chi connectivity index (χ4n) is 2.20. The third kappa shape index (κ3) is 2.85.